The van der Waals surface area contributed by atoms with E-state index in [2.05, 4.69) is 19.2 Å². The molecule has 1 aliphatic carbocycles. The van der Waals surface area contributed by atoms with Crippen LogP contribution in [-0.4, -0.2) is 17.8 Å². The molecule has 21 heavy (non-hydrogen) atoms. The zero-order valence-corrected chi connectivity index (χ0v) is 12.3. The smallest absolute Gasteiger partial charge is 0.296 e. The summed E-state index contributed by atoms with van der Waals surface area (Å²) in [5.74, 6) is 1.01. The third kappa shape index (κ3) is 2.62. The molecule has 0 saturated heterocycles. The van der Waals surface area contributed by atoms with Gasteiger partial charge in [-0.3, -0.25) is 10.1 Å². The minimum Gasteiger partial charge on any atom is -0.454 e. The van der Waals surface area contributed by atoms with E-state index in [-0.39, 0.29) is 28.9 Å². The average molecular weight is 292 g/mol. The van der Waals surface area contributed by atoms with Gasteiger partial charge in [-0.05, 0) is 18.3 Å². The Morgan fingerprint density at radius 3 is 2.67 bits per heavy atom. The summed E-state index contributed by atoms with van der Waals surface area (Å²) in [5, 5.41) is 14.7. The van der Waals surface area contributed by atoms with Crippen LogP contribution in [0, 0.1) is 15.5 Å². The van der Waals surface area contributed by atoms with Crippen molar-refractivity contribution in [2.75, 3.05) is 12.1 Å². The van der Waals surface area contributed by atoms with Gasteiger partial charge in [0.1, 0.15) is 5.69 Å². The largest absolute Gasteiger partial charge is 0.454 e. The Kier molecular flexibility index (Phi) is 3.39. The van der Waals surface area contributed by atoms with Crippen LogP contribution in [0.15, 0.2) is 12.1 Å². The number of rotatable bonds is 3. The van der Waals surface area contributed by atoms with Gasteiger partial charge in [-0.1, -0.05) is 26.7 Å². The van der Waals surface area contributed by atoms with Crippen molar-refractivity contribution in [1.82, 2.24) is 0 Å². The van der Waals surface area contributed by atoms with E-state index in [9.17, 15) is 10.1 Å². The molecule has 0 radical (unpaired) electrons. The lowest BCUT2D eigenvalue weighted by molar-refractivity contribution is -0.384. The number of fused-ring (bicyclic) bond motifs is 1. The first kappa shape index (κ1) is 14.0. The van der Waals surface area contributed by atoms with Gasteiger partial charge < -0.3 is 14.8 Å². The second kappa shape index (κ2) is 5.09. The van der Waals surface area contributed by atoms with Crippen LogP contribution in [-0.2, 0) is 0 Å². The van der Waals surface area contributed by atoms with Gasteiger partial charge in [0, 0.05) is 12.1 Å². The number of benzene rings is 1. The van der Waals surface area contributed by atoms with Gasteiger partial charge in [-0.2, -0.15) is 0 Å². The maximum absolute atomic E-state index is 11.3. The predicted octanol–water partition coefficient (Wildman–Crippen LogP) is 3.70. The lowest BCUT2D eigenvalue weighted by atomic mass is 9.73. The molecule has 114 valence electrons. The van der Waals surface area contributed by atoms with E-state index in [0.29, 0.717) is 17.2 Å². The van der Waals surface area contributed by atoms with Crippen molar-refractivity contribution in [3.63, 3.8) is 0 Å². The summed E-state index contributed by atoms with van der Waals surface area (Å²) in [4.78, 5) is 10.9. The van der Waals surface area contributed by atoms with E-state index in [0.717, 1.165) is 19.3 Å². The van der Waals surface area contributed by atoms with Crippen LogP contribution in [0.2, 0.25) is 0 Å². The molecule has 0 bridgehead atoms. The van der Waals surface area contributed by atoms with Crippen LogP contribution in [0.1, 0.15) is 39.5 Å². The summed E-state index contributed by atoms with van der Waals surface area (Å²) in [6, 6.07) is 3.36. The average Bonchev–Trinajstić information content (AvgIpc) is 2.87. The van der Waals surface area contributed by atoms with E-state index in [1.165, 1.54) is 12.5 Å². The van der Waals surface area contributed by atoms with Crippen molar-refractivity contribution in [2.45, 2.75) is 45.6 Å². The molecule has 1 aromatic rings. The van der Waals surface area contributed by atoms with Gasteiger partial charge in [0.15, 0.2) is 11.5 Å². The third-order valence-corrected chi connectivity index (χ3v) is 4.52. The molecule has 0 aromatic heterocycles. The number of hydrogen-bond acceptors (Lipinski definition) is 5. The first-order chi connectivity index (χ1) is 9.97. The molecule has 1 atom stereocenters. The minimum atomic E-state index is -0.375. The van der Waals surface area contributed by atoms with Crippen LogP contribution in [0.3, 0.4) is 0 Å². The zero-order chi connectivity index (χ0) is 15.0. The zero-order valence-electron chi connectivity index (χ0n) is 12.3. The molecule has 1 aromatic carbocycles. The van der Waals surface area contributed by atoms with Crippen LogP contribution < -0.4 is 14.8 Å². The highest BCUT2D eigenvalue weighted by Crippen LogP contribution is 2.43. The Labute approximate surface area is 123 Å². The fourth-order valence-corrected chi connectivity index (χ4v) is 3.15. The molecule has 6 heteroatoms. The van der Waals surface area contributed by atoms with Crippen LogP contribution in [0.5, 0.6) is 11.5 Å². The standard InChI is InChI=1S/C15H20N2O4/c1-15(2)6-4-3-5-14(15)16-10-7-12-13(21-9-20-12)8-11(10)17(18)19/h7-8,14,16H,3-6,9H2,1-2H3. The molecule has 0 spiro atoms. The van der Waals surface area contributed by atoms with Gasteiger partial charge in [0.25, 0.3) is 5.69 Å². The number of hydrogen-bond donors (Lipinski definition) is 1. The summed E-state index contributed by atoms with van der Waals surface area (Å²) < 4.78 is 10.6. The number of nitro benzene ring substituents is 1. The number of nitrogens with one attached hydrogen (secondary N) is 1. The van der Waals surface area contributed by atoms with Crippen molar-refractivity contribution in [3.8, 4) is 11.5 Å². The molecule has 1 heterocycles. The van der Waals surface area contributed by atoms with Gasteiger partial charge in [-0.15, -0.1) is 0 Å². The molecule has 6 nitrogen and oxygen atoms in total. The SMILES string of the molecule is CC1(C)CCCCC1Nc1cc2c(cc1[N+](=O)[O-])OCO2. The summed E-state index contributed by atoms with van der Waals surface area (Å²) >= 11 is 0. The van der Waals surface area contributed by atoms with Crippen molar-refractivity contribution < 1.29 is 14.4 Å². The van der Waals surface area contributed by atoms with E-state index < -0.39 is 0 Å². The summed E-state index contributed by atoms with van der Waals surface area (Å²) in [7, 11) is 0. The molecule has 1 aliphatic heterocycles. The molecule has 0 amide bonds. The van der Waals surface area contributed by atoms with Crippen LogP contribution >= 0.6 is 0 Å². The maximum Gasteiger partial charge on any atom is 0.296 e. The molecule has 2 aliphatic rings. The fourth-order valence-electron chi connectivity index (χ4n) is 3.15. The Morgan fingerprint density at radius 1 is 1.29 bits per heavy atom. The topological polar surface area (TPSA) is 73.6 Å². The predicted molar refractivity (Wildman–Crippen MR) is 78.9 cm³/mol. The monoisotopic (exact) mass is 292 g/mol. The normalized spacial score (nSPS) is 22.9. The lowest BCUT2D eigenvalue weighted by Gasteiger charge is -2.39. The van der Waals surface area contributed by atoms with Crippen molar-refractivity contribution >= 4 is 11.4 Å². The summed E-state index contributed by atoms with van der Waals surface area (Å²) in [6.07, 6.45) is 4.52. The van der Waals surface area contributed by atoms with Crippen molar-refractivity contribution in [2.24, 2.45) is 5.41 Å². The number of ether oxygens (including phenoxy) is 2. The molecule has 1 fully saturated rings. The van der Waals surface area contributed by atoms with Crippen molar-refractivity contribution in [3.05, 3.63) is 22.2 Å². The third-order valence-electron chi connectivity index (χ3n) is 4.52. The van der Waals surface area contributed by atoms with Gasteiger partial charge in [0.2, 0.25) is 6.79 Å². The molecular formula is C15H20N2O4. The molecular weight excluding hydrogens is 272 g/mol. The highest BCUT2D eigenvalue weighted by molar-refractivity contribution is 5.69. The van der Waals surface area contributed by atoms with E-state index in [4.69, 9.17) is 9.47 Å². The Balaban J connectivity index is 1.92. The van der Waals surface area contributed by atoms with E-state index in [1.54, 1.807) is 6.07 Å². The molecule has 1 unspecified atom stereocenters. The van der Waals surface area contributed by atoms with Gasteiger partial charge >= 0.3 is 0 Å². The van der Waals surface area contributed by atoms with Gasteiger partial charge in [0.05, 0.1) is 11.0 Å². The van der Waals surface area contributed by atoms with E-state index >= 15 is 0 Å². The Bertz CT molecular complexity index is 571. The summed E-state index contributed by atoms with van der Waals surface area (Å²) in [6.45, 7) is 4.54. The maximum atomic E-state index is 11.3. The number of anilines is 1. The molecule has 1 N–H and O–H groups in total. The molecule has 3 rings (SSSR count). The Hall–Kier alpha value is -1.98. The first-order valence-electron chi connectivity index (χ1n) is 7.32. The quantitative estimate of drug-likeness (QED) is 0.679. The van der Waals surface area contributed by atoms with Crippen LogP contribution in [0.25, 0.3) is 0 Å². The molecule has 1 saturated carbocycles. The van der Waals surface area contributed by atoms with Crippen LogP contribution in [0.4, 0.5) is 11.4 Å². The van der Waals surface area contributed by atoms with E-state index in [1.807, 2.05) is 0 Å². The lowest BCUT2D eigenvalue weighted by Crippen LogP contribution is -2.39. The minimum absolute atomic E-state index is 0.0422. The highest BCUT2D eigenvalue weighted by Gasteiger charge is 2.34. The van der Waals surface area contributed by atoms with Crippen molar-refractivity contribution in [1.29, 1.82) is 0 Å². The highest BCUT2D eigenvalue weighted by atomic mass is 16.7. The Morgan fingerprint density at radius 2 is 2.00 bits per heavy atom. The summed E-state index contributed by atoms with van der Waals surface area (Å²) in [5.41, 5.74) is 0.688. The van der Waals surface area contributed by atoms with Gasteiger partial charge in [-0.25, -0.2) is 0 Å². The number of nitrogens with zero attached hydrogens (tertiary/aromatic N) is 1. The second-order valence-corrected chi connectivity index (χ2v) is 6.41. The first-order valence-corrected chi connectivity index (χ1v) is 7.32. The fraction of sp³-hybridized carbons (Fsp3) is 0.600. The number of nitro groups is 1. The second-order valence-electron chi connectivity index (χ2n) is 6.41.